The minimum atomic E-state index is 0.105. The summed E-state index contributed by atoms with van der Waals surface area (Å²) in [6, 6.07) is 9.34. The van der Waals surface area contributed by atoms with Gasteiger partial charge in [-0.15, -0.1) is 0 Å². The van der Waals surface area contributed by atoms with Crippen LogP contribution in [-0.2, 0) is 0 Å². The van der Waals surface area contributed by atoms with Crippen molar-refractivity contribution in [2.45, 2.75) is 59.5 Å². The van der Waals surface area contributed by atoms with E-state index in [1.165, 1.54) is 11.1 Å². The van der Waals surface area contributed by atoms with Crippen LogP contribution < -0.4 is 5.32 Å². The van der Waals surface area contributed by atoms with Crippen LogP contribution in [0.4, 0.5) is 0 Å². The van der Waals surface area contributed by atoms with Gasteiger partial charge in [0.2, 0.25) is 0 Å². The number of nitrogens with zero attached hydrogens (tertiary/aromatic N) is 1. The lowest BCUT2D eigenvalue weighted by molar-refractivity contribution is 0.0912. The van der Waals surface area contributed by atoms with E-state index >= 15 is 0 Å². The predicted octanol–water partition coefficient (Wildman–Crippen LogP) is 4.16. The van der Waals surface area contributed by atoms with Gasteiger partial charge in [-0.3, -0.25) is 4.90 Å². The summed E-state index contributed by atoms with van der Waals surface area (Å²) >= 11 is 0. The molecule has 0 aliphatic rings. The van der Waals surface area contributed by atoms with Crippen LogP contribution in [-0.4, -0.2) is 30.1 Å². The van der Waals surface area contributed by atoms with Crippen LogP contribution in [0.1, 0.15) is 58.2 Å². The van der Waals surface area contributed by atoms with Crippen molar-refractivity contribution in [3.63, 3.8) is 0 Å². The first-order chi connectivity index (χ1) is 9.47. The first kappa shape index (κ1) is 17.2. The molecule has 0 saturated carbocycles. The van der Waals surface area contributed by atoms with Crippen LogP contribution >= 0.6 is 0 Å². The molecule has 2 nitrogen and oxygen atoms in total. The topological polar surface area (TPSA) is 15.3 Å². The predicted molar refractivity (Wildman–Crippen MR) is 89.2 cm³/mol. The van der Waals surface area contributed by atoms with E-state index in [0.29, 0.717) is 6.04 Å². The fourth-order valence-corrected chi connectivity index (χ4v) is 3.04. The van der Waals surface area contributed by atoms with Crippen LogP contribution in [0.5, 0.6) is 0 Å². The number of likely N-dealkylation sites (N-methyl/N-ethyl adjacent to an activating group) is 1. The number of rotatable bonds is 8. The molecular weight excluding hydrogens is 244 g/mol. The molecule has 0 heterocycles. The third kappa shape index (κ3) is 4.07. The first-order valence-electron chi connectivity index (χ1n) is 8.02. The Morgan fingerprint density at radius 3 is 2.05 bits per heavy atom. The summed E-state index contributed by atoms with van der Waals surface area (Å²) < 4.78 is 0. The fourth-order valence-electron chi connectivity index (χ4n) is 3.04. The van der Waals surface area contributed by atoms with Gasteiger partial charge in [0.1, 0.15) is 0 Å². The molecule has 0 saturated heterocycles. The summed E-state index contributed by atoms with van der Waals surface area (Å²) in [4.78, 5) is 2.54. The highest BCUT2D eigenvalue weighted by atomic mass is 15.2. The third-order valence-electron chi connectivity index (χ3n) is 4.29. The normalized spacial score (nSPS) is 13.8. The quantitative estimate of drug-likeness (QED) is 0.767. The Morgan fingerprint density at radius 1 is 1.05 bits per heavy atom. The standard InChI is InChI=1S/C18H32N2/c1-7-14-19-17(16-12-10-15(4)11-13-16)18(5,6)20(8-2)9-3/h10-13,17,19H,7-9,14H2,1-6H3. The molecule has 1 N–H and O–H groups in total. The smallest absolute Gasteiger partial charge is 0.0501 e. The Morgan fingerprint density at radius 2 is 1.60 bits per heavy atom. The fraction of sp³-hybridized carbons (Fsp3) is 0.667. The summed E-state index contributed by atoms with van der Waals surface area (Å²) in [5, 5.41) is 3.75. The molecule has 1 rings (SSSR count). The number of hydrogen-bond donors (Lipinski definition) is 1. The largest absolute Gasteiger partial charge is 0.308 e. The zero-order valence-corrected chi connectivity index (χ0v) is 14.2. The maximum absolute atomic E-state index is 3.75. The highest BCUT2D eigenvalue weighted by Gasteiger charge is 2.34. The SMILES string of the molecule is CCCNC(c1ccc(C)cc1)C(C)(C)N(CC)CC. The molecule has 1 aromatic rings. The van der Waals surface area contributed by atoms with Gasteiger partial charge in [-0.25, -0.2) is 0 Å². The van der Waals surface area contributed by atoms with E-state index in [1.54, 1.807) is 0 Å². The summed E-state index contributed by atoms with van der Waals surface area (Å²) in [7, 11) is 0. The molecule has 0 aromatic heterocycles. The molecule has 0 fully saturated rings. The Balaban J connectivity index is 3.07. The molecule has 2 heteroatoms. The van der Waals surface area contributed by atoms with Crippen molar-refractivity contribution in [2.75, 3.05) is 19.6 Å². The van der Waals surface area contributed by atoms with Crippen LogP contribution in [0, 0.1) is 6.92 Å². The van der Waals surface area contributed by atoms with Gasteiger partial charge in [-0.1, -0.05) is 50.6 Å². The van der Waals surface area contributed by atoms with Crippen molar-refractivity contribution in [3.05, 3.63) is 35.4 Å². The van der Waals surface area contributed by atoms with Crippen LogP contribution in [0.15, 0.2) is 24.3 Å². The lowest BCUT2D eigenvalue weighted by atomic mass is 9.86. The van der Waals surface area contributed by atoms with Crippen molar-refractivity contribution in [1.29, 1.82) is 0 Å². The molecule has 20 heavy (non-hydrogen) atoms. The maximum Gasteiger partial charge on any atom is 0.0501 e. The zero-order chi connectivity index (χ0) is 15.2. The lowest BCUT2D eigenvalue weighted by Gasteiger charge is -2.44. The maximum atomic E-state index is 3.75. The van der Waals surface area contributed by atoms with Crippen molar-refractivity contribution in [2.24, 2.45) is 0 Å². The Hall–Kier alpha value is -0.860. The van der Waals surface area contributed by atoms with Gasteiger partial charge >= 0.3 is 0 Å². The van der Waals surface area contributed by atoms with Crippen LogP contribution in [0.25, 0.3) is 0 Å². The highest BCUT2D eigenvalue weighted by molar-refractivity contribution is 5.26. The Bertz CT molecular complexity index is 377. The molecule has 0 aliphatic carbocycles. The van der Waals surface area contributed by atoms with E-state index in [0.717, 1.165) is 26.1 Å². The van der Waals surface area contributed by atoms with Gasteiger partial charge < -0.3 is 5.32 Å². The molecule has 1 unspecified atom stereocenters. The second-order valence-corrected chi connectivity index (χ2v) is 6.12. The summed E-state index contributed by atoms with van der Waals surface area (Å²) in [5.74, 6) is 0. The lowest BCUT2D eigenvalue weighted by Crippen LogP contribution is -2.52. The van der Waals surface area contributed by atoms with Gasteiger partial charge in [0.25, 0.3) is 0 Å². The van der Waals surface area contributed by atoms with E-state index in [2.05, 4.69) is 76.0 Å². The Kier molecular flexibility index (Phi) is 6.70. The second kappa shape index (κ2) is 7.80. The zero-order valence-electron chi connectivity index (χ0n) is 14.2. The highest BCUT2D eigenvalue weighted by Crippen LogP contribution is 2.31. The molecule has 0 spiro atoms. The summed E-state index contributed by atoms with van der Waals surface area (Å²) in [6.45, 7) is 16.8. The van der Waals surface area contributed by atoms with Crippen molar-refractivity contribution >= 4 is 0 Å². The van der Waals surface area contributed by atoms with E-state index in [4.69, 9.17) is 0 Å². The van der Waals surface area contributed by atoms with Gasteiger partial charge in [0.05, 0.1) is 6.04 Å². The van der Waals surface area contributed by atoms with E-state index in [1.807, 2.05) is 0 Å². The van der Waals surface area contributed by atoms with Gasteiger partial charge in [-0.05, 0) is 52.4 Å². The van der Waals surface area contributed by atoms with Gasteiger partial charge in [-0.2, -0.15) is 0 Å². The molecule has 1 aromatic carbocycles. The summed E-state index contributed by atoms with van der Waals surface area (Å²) in [6.07, 6.45) is 1.16. The third-order valence-corrected chi connectivity index (χ3v) is 4.29. The molecule has 0 amide bonds. The van der Waals surface area contributed by atoms with Crippen molar-refractivity contribution < 1.29 is 0 Å². The van der Waals surface area contributed by atoms with Crippen LogP contribution in [0.3, 0.4) is 0 Å². The molecule has 1 atom stereocenters. The van der Waals surface area contributed by atoms with E-state index in [9.17, 15) is 0 Å². The molecular formula is C18H32N2. The van der Waals surface area contributed by atoms with Gasteiger partial charge in [0.15, 0.2) is 0 Å². The molecule has 114 valence electrons. The monoisotopic (exact) mass is 276 g/mol. The Labute approximate surface area is 125 Å². The van der Waals surface area contributed by atoms with E-state index < -0.39 is 0 Å². The summed E-state index contributed by atoms with van der Waals surface area (Å²) in [5.41, 5.74) is 2.82. The van der Waals surface area contributed by atoms with Crippen molar-refractivity contribution in [1.82, 2.24) is 10.2 Å². The average Bonchev–Trinajstić information content (AvgIpc) is 2.42. The number of aryl methyl sites for hydroxylation is 1. The number of hydrogen-bond acceptors (Lipinski definition) is 2. The van der Waals surface area contributed by atoms with E-state index in [-0.39, 0.29) is 5.54 Å². The first-order valence-corrected chi connectivity index (χ1v) is 8.02. The minimum Gasteiger partial charge on any atom is -0.308 e. The van der Waals surface area contributed by atoms with Gasteiger partial charge in [0, 0.05) is 5.54 Å². The van der Waals surface area contributed by atoms with Crippen molar-refractivity contribution in [3.8, 4) is 0 Å². The minimum absolute atomic E-state index is 0.105. The molecule has 0 bridgehead atoms. The number of benzene rings is 1. The molecule has 0 aliphatic heterocycles. The van der Waals surface area contributed by atoms with Crippen LogP contribution in [0.2, 0.25) is 0 Å². The second-order valence-electron chi connectivity index (χ2n) is 6.12. The molecule has 0 radical (unpaired) electrons. The number of nitrogens with one attached hydrogen (secondary N) is 1. The average molecular weight is 276 g/mol.